The van der Waals surface area contributed by atoms with E-state index in [-0.39, 0.29) is 60.8 Å². The fourth-order valence-electron chi connectivity index (χ4n) is 10.1. The van der Waals surface area contributed by atoms with E-state index in [9.17, 15) is 29.4 Å². The van der Waals surface area contributed by atoms with Crippen LogP contribution in [0.5, 0.6) is 5.75 Å². The largest absolute Gasteiger partial charge is 0.507 e. The zero-order chi connectivity index (χ0) is 47.1. The molecule has 4 heterocycles. The van der Waals surface area contributed by atoms with Gasteiger partial charge in [0.15, 0.2) is 5.82 Å². The molecule has 0 radical (unpaired) electrons. The number of aliphatic hydroxyl groups excluding tert-OH is 1. The van der Waals surface area contributed by atoms with Crippen molar-refractivity contribution in [3.05, 3.63) is 65.7 Å². The van der Waals surface area contributed by atoms with Crippen LogP contribution >= 0.6 is 0 Å². The van der Waals surface area contributed by atoms with Gasteiger partial charge >= 0.3 is 0 Å². The number of phenolic OH excluding ortho intramolecular Hbond substituents is 1. The number of nitrogens with one attached hydrogen (secondary N) is 3. The normalized spacial score (nSPS) is 23.5. The van der Waals surface area contributed by atoms with Crippen molar-refractivity contribution in [3.8, 4) is 29.4 Å². The van der Waals surface area contributed by atoms with Crippen LogP contribution in [0.4, 0.5) is 11.5 Å². The number of anilines is 2. The first kappa shape index (κ1) is 48.2. The minimum absolute atomic E-state index is 0.0196. The van der Waals surface area contributed by atoms with Gasteiger partial charge in [-0.15, -0.1) is 16.6 Å². The molecule has 3 saturated heterocycles. The third-order valence-electron chi connectivity index (χ3n) is 14.0. The number of hydrogen-bond donors (Lipinski definition) is 5. The fraction of sp³-hybridized carbons (Fsp3) is 0.560. The predicted molar refractivity (Wildman–Crippen MR) is 254 cm³/mol. The van der Waals surface area contributed by atoms with Crippen LogP contribution < -0.4 is 20.9 Å². The zero-order valence-electron chi connectivity index (χ0n) is 39.2. The highest BCUT2D eigenvalue weighted by Crippen LogP contribution is 2.35. The number of benzene rings is 2. The smallest absolute Gasteiger partial charge is 0.246 e. The minimum atomic E-state index is -0.875. The number of hydrogen-bond acceptors (Lipinski definition) is 12. The lowest BCUT2D eigenvalue weighted by atomic mass is 9.82. The molecule has 3 aliphatic heterocycles. The second kappa shape index (κ2) is 21.3. The van der Waals surface area contributed by atoms with Gasteiger partial charge in [-0.3, -0.25) is 29.0 Å². The van der Waals surface area contributed by atoms with Crippen molar-refractivity contribution in [2.24, 2.45) is 11.3 Å². The van der Waals surface area contributed by atoms with Gasteiger partial charge < -0.3 is 40.9 Å². The first-order chi connectivity index (χ1) is 31.6. The molecule has 0 bridgehead atoms. The molecule has 4 fully saturated rings. The number of terminal acetylenes is 1. The number of phenols is 1. The predicted octanol–water partition coefficient (Wildman–Crippen LogP) is 3.28. The van der Waals surface area contributed by atoms with Gasteiger partial charge in [0.05, 0.1) is 17.5 Å². The summed E-state index contributed by atoms with van der Waals surface area (Å²) in [5.74, 6) is 2.49. The Morgan fingerprint density at radius 2 is 1.62 bits per heavy atom. The van der Waals surface area contributed by atoms with Gasteiger partial charge in [-0.1, -0.05) is 51.0 Å². The summed E-state index contributed by atoms with van der Waals surface area (Å²) in [4.78, 5) is 65.4. The van der Waals surface area contributed by atoms with E-state index in [1.807, 2.05) is 63.1 Å². The number of aliphatic hydroxyl groups is 1. The summed E-state index contributed by atoms with van der Waals surface area (Å²) >= 11 is 0. The number of aromatic hydroxyl groups is 1. The Bertz CT molecular complexity index is 2230. The summed E-state index contributed by atoms with van der Waals surface area (Å²) in [5.41, 5.74) is 3.14. The van der Waals surface area contributed by atoms with Crippen LogP contribution in [-0.4, -0.2) is 160 Å². The van der Waals surface area contributed by atoms with Crippen LogP contribution in [0.15, 0.2) is 54.6 Å². The number of carbonyl (C=O) groups is 4. The number of carbonyl (C=O) groups excluding carboxylic acids is 4. The van der Waals surface area contributed by atoms with Gasteiger partial charge in [-0.2, -0.15) is 0 Å². The summed E-state index contributed by atoms with van der Waals surface area (Å²) in [5, 5.41) is 39.0. The van der Waals surface area contributed by atoms with E-state index < -0.39 is 23.6 Å². The standard InChI is InChI=1S/C50H68N10O6/c1-7-34-12-14-35(15-13-34)30-52-48(65)42-28-38(61)32-60(42)49(66)45(50(3,4)5)53-47(64)36-16-18-37(19-17-36)57-23-25-58(26-24-57)44(63)20-21-56-22-27-59(33(2)31-56)41-29-40(54-55-46(41)51-6)39-10-8-9-11-43(39)62/h1,8-15,29,33,36-38,42,45,61-62H,16-28,30-32H2,2-6H3,(H,51,55)(H,52,65)(H,53,64)/t33-,36?,37?,38+,42-,45+/m0/s1. The van der Waals surface area contributed by atoms with Crippen molar-refractivity contribution in [3.63, 3.8) is 0 Å². The summed E-state index contributed by atoms with van der Waals surface area (Å²) in [6.45, 7) is 14.2. The summed E-state index contributed by atoms with van der Waals surface area (Å²) in [6.07, 6.45) is 8.33. The third kappa shape index (κ3) is 11.4. The number of rotatable bonds is 13. The number of β-amino-alcohol motifs (C(OH)–C–C–N with tert-alkyl or cyclic N) is 1. The average Bonchev–Trinajstić information content (AvgIpc) is 3.73. The molecular formula is C50H68N10O6. The molecule has 16 heteroatoms. The molecule has 2 aromatic carbocycles. The first-order valence-electron chi connectivity index (χ1n) is 23.6. The Morgan fingerprint density at radius 3 is 2.27 bits per heavy atom. The molecule has 4 atom stereocenters. The molecule has 1 saturated carbocycles. The lowest BCUT2D eigenvalue weighted by Gasteiger charge is -2.43. The number of piperazine rings is 2. The second-order valence-corrected chi connectivity index (χ2v) is 19.5. The Morgan fingerprint density at radius 1 is 0.909 bits per heavy atom. The Hall–Kier alpha value is -5.76. The van der Waals surface area contributed by atoms with Gasteiger partial charge in [0, 0.05) is 114 Å². The highest BCUT2D eigenvalue weighted by molar-refractivity contribution is 5.93. The molecule has 0 spiro atoms. The highest BCUT2D eigenvalue weighted by Gasteiger charge is 2.45. The molecule has 3 aromatic rings. The molecule has 66 heavy (non-hydrogen) atoms. The van der Waals surface area contributed by atoms with Crippen molar-refractivity contribution in [1.29, 1.82) is 0 Å². The fourth-order valence-corrected chi connectivity index (χ4v) is 10.1. The molecule has 4 amide bonds. The Labute approximate surface area is 389 Å². The van der Waals surface area contributed by atoms with Crippen molar-refractivity contribution in [2.75, 3.05) is 76.2 Å². The molecule has 7 rings (SSSR count). The Balaban J connectivity index is 0.839. The van der Waals surface area contributed by atoms with Crippen LogP contribution in [0.2, 0.25) is 0 Å². The summed E-state index contributed by atoms with van der Waals surface area (Å²) < 4.78 is 0. The summed E-state index contributed by atoms with van der Waals surface area (Å²) in [6, 6.07) is 15.2. The number of nitrogens with zero attached hydrogens (tertiary/aromatic N) is 7. The maximum Gasteiger partial charge on any atom is 0.246 e. The van der Waals surface area contributed by atoms with Gasteiger partial charge in [0.25, 0.3) is 0 Å². The number of amides is 4. The minimum Gasteiger partial charge on any atom is -0.507 e. The van der Waals surface area contributed by atoms with Gasteiger partial charge in [-0.25, -0.2) is 0 Å². The van der Waals surface area contributed by atoms with Crippen molar-refractivity contribution in [1.82, 2.24) is 40.4 Å². The van der Waals surface area contributed by atoms with E-state index in [4.69, 9.17) is 6.42 Å². The van der Waals surface area contributed by atoms with E-state index >= 15 is 0 Å². The van der Waals surface area contributed by atoms with Gasteiger partial charge in [0.1, 0.15) is 17.8 Å². The van der Waals surface area contributed by atoms with Crippen molar-refractivity contribution in [2.45, 2.75) is 103 Å². The Kier molecular flexibility index (Phi) is 15.5. The van der Waals surface area contributed by atoms with Gasteiger partial charge in [0.2, 0.25) is 23.6 Å². The molecule has 4 aliphatic rings. The maximum absolute atomic E-state index is 14.2. The average molecular weight is 905 g/mol. The molecular weight excluding hydrogens is 837 g/mol. The van der Waals surface area contributed by atoms with E-state index in [0.717, 1.165) is 62.4 Å². The third-order valence-corrected chi connectivity index (χ3v) is 14.0. The zero-order valence-corrected chi connectivity index (χ0v) is 39.2. The van der Waals surface area contributed by atoms with E-state index in [1.54, 1.807) is 24.3 Å². The topological polar surface area (TPSA) is 187 Å². The van der Waals surface area contributed by atoms with Gasteiger partial charge in [-0.05, 0) is 73.9 Å². The van der Waals surface area contributed by atoms with Crippen LogP contribution in [-0.2, 0) is 25.7 Å². The lowest BCUT2D eigenvalue weighted by molar-refractivity contribution is -0.144. The van der Waals surface area contributed by atoms with Crippen LogP contribution in [0.1, 0.15) is 77.3 Å². The second-order valence-electron chi connectivity index (χ2n) is 19.5. The van der Waals surface area contributed by atoms with Crippen LogP contribution in [0, 0.1) is 23.7 Å². The van der Waals surface area contributed by atoms with Crippen molar-refractivity contribution < 1.29 is 29.4 Å². The first-order valence-corrected chi connectivity index (χ1v) is 23.6. The van der Waals surface area contributed by atoms with E-state index in [0.29, 0.717) is 62.0 Å². The van der Waals surface area contributed by atoms with Crippen LogP contribution in [0.3, 0.4) is 0 Å². The monoisotopic (exact) mass is 905 g/mol. The summed E-state index contributed by atoms with van der Waals surface area (Å²) in [7, 11) is 1.83. The number of para-hydroxylation sites is 1. The molecule has 5 N–H and O–H groups in total. The molecule has 16 nitrogen and oxygen atoms in total. The van der Waals surface area contributed by atoms with Crippen LogP contribution in [0.25, 0.3) is 11.3 Å². The molecule has 0 unspecified atom stereocenters. The number of aromatic nitrogens is 2. The molecule has 354 valence electrons. The lowest BCUT2D eigenvalue weighted by Crippen LogP contribution is -2.58. The van der Waals surface area contributed by atoms with Crippen molar-refractivity contribution >= 4 is 35.1 Å². The molecule has 1 aliphatic carbocycles. The highest BCUT2D eigenvalue weighted by atomic mass is 16.3. The molecule has 1 aromatic heterocycles. The quantitative estimate of drug-likeness (QED) is 0.158. The SMILES string of the molecule is C#Cc1ccc(CNC(=O)[C@@H]2C[C@@H](O)CN2C(=O)[C@@H](NC(=O)C2CCC(N3CCN(C(=O)CCN4CCN(c5cc(-c6ccccc6O)nnc5NC)[C@@H](C)C4)CC3)CC2)C(C)(C)C)cc1. The van der Waals surface area contributed by atoms with E-state index in [1.165, 1.54) is 4.90 Å². The van der Waals surface area contributed by atoms with E-state index in [2.05, 4.69) is 53.7 Å². The number of likely N-dealkylation sites (tertiary alicyclic amines) is 1. The maximum atomic E-state index is 14.2.